The second kappa shape index (κ2) is 7.85. The molecule has 0 fully saturated rings. The highest BCUT2D eigenvalue weighted by Gasteiger charge is 2.36. The first-order valence-electron chi connectivity index (χ1n) is 10.3. The van der Waals surface area contributed by atoms with Crippen molar-refractivity contribution in [2.24, 2.45) is 17.8 Å². The molecule has 7 nitrogen and oxygen atoms in total. The smallest absolute Gasteiger partial charge is 0.216 e. The lowest BCUT2D eigenvalue weighted by atomic mass is 10.00. The van der Waals surface area contributed by atoms with Crippen LogP contribution in [0.1, 0.15) is 22.3 Å². The summed E-state index contributed by atoms with van der Waals surface area (Å²) in [6.45, 7) is 1.74. The predicted molar refractivity (Wildman–Crippen MR) is 119 cm³/mol. The Labute approximate surface area is 184 Å². The summed E-state index contributed by atoms with van der Waals surface area (Å²) >= 11 is 0. The van der Waals surface area contributed by atoms with Crippen molar-refractivity contribution in [2.75, 3.05) is 11.9 Å². The fourth-order valence-corrected chi connectivity index (χ4v) is 4.08. The average Bonchev–Trinajstić information content (AvgIpc) is 3.19. The summed E-state index contributed by atoms with van der Waals surface area (Å²) in [4.78, 5) is 4.55. The van der Waals surface area contributed by atoms with Crippen LogP contribution in [0.4, 0.5) is 14.5 Å². The van der Waals surface area contributed by atoms with Crippen molar-refractivity contribution in [3.05, 3.63) is 88.9 Å². The zero-order valence-electron chi connectivity index (χ0n) is 17.5. The van der Waals surface area contributed by atoms with E-state index in [9.17, 15) is 8.78 Å². The van der Waals surface area contributed by atoms with Crippen molar-refractivity contribution in [3.63, 3.8) is 0 Å². The van der Waals surface area contributed by atoms with E-state index in [-0.39, 0.29) is 5.56 Å². The summed E-state index contributed by atoms with van der Waals surface area (Å²) in [6.07, 6.45) is 6.10. The van der Waals surface area contributed by atoms with Crippen LogP contribution >= 0.6 is 0 Å². The van der Waals surface area contributed by atoms with Crippen molar-refractivity contribution < 1.29 is 8.78 Å². The quantitative estimate of drug-likeness (QED) is 0.508. The summed E-state index contributed by atoms with van der Waals surface area (Å²) in [6, 6.07) is 9.72. The van der Waals surface area contributed by atoms with Gasteiger partial charge in [0.15, 0.2) is 0 Å². The zero-order chi connectivity index (χ0) is 22.3. The Bertz CT molecular complexity index is 1230. The van der Waals surface area contributed by atoms with E-state index < -0.39 is 17.4 Å². The molecule has 3 heterocycles. The highest BCUT2D eigenvalue weighted by atomic mass is 19.1. The first-order chi connectivity index (χ1) is 15.4. The van der Waals surface area contributed by atoms with Gasteiger partial charge in [0.2, 0.25) is 5.79 Å². The van der Waals surface area contributed by atoms with Gasteiger partial charge in [-0.3, -0.25) is 10.4 Å². The van der Waals surface area contributed by atoms with Crippen LogP contribution in [0.15, 0.2) is 60.0 Å². The number of hydrogen-bond donors (Lipinski definition) is 4. The van der Waals surface area contributed by atoms with Crippen LogP contribution in [0.5, 0.6) is 0 Å². The van der Waals surface area contributed by atoms with Gasteiger partial charge < -0.3 is 16.0 Å². The Balaban J connectivity index is 1.57. The topological polar surface area (TPSA) is 92.3 Å². The average molecular weight is 435 g/mol. The molecular weight excluding hydrogens is 412 g/mol. The summed E-state index contributed by atoms with van der Waals surface area (Å²) in [5.74, 6) is -2.99. The van der Waals surface area contributed by atoms with Crippen molar-refractivity contribution in [2.45, 2.75) is 18.8 Å². The largest absolute Gasteiger partial charge is 0.351 e. The third-order valence-corrected chi connectivity index (χ3v) is 5.70. The van der Waals surface area contributed by atoms with Crippen LogP contribution in [0.2, 0.25) is 0 Å². The highest BCUT2D eigenvalue weighted by Crippen LogP contribution is 2.30. The third kappa shape index (κ3) is 3.65. The number of hydrogen-bond acceptors (Lipinski definition) is 6. The Morgan fingerprint density at radius 2 is 1.97 bits per heavy atom. The molecule has 0 saturated heterocycles. The van der Waals surface area contributed by atoms with E-state index in [0.717, 1.165) is 42.9 Å². The zero-order valence-corrected chi connectivity index (χ0v) is 17.5. The Morgan fingerprint density at radius 1 is 1.16 bits per heavy atom. The molecule has 0 radical (unpaired) electrons. The molecule has 0 amide bonds. The number of nitrogens with zero attached hydrogens (tertiary/aromatic N) is 3. The molecule has 0 bridgehead atoms. The number of aliphatic imine (C=N–C) groups is 1. The van der Waals surface area contributed by atoms with Crippen molar-refractivity contribution in [1.82, 2.24) is 20.4 Å². The molecule has 32 heavy (non-hydrogen) atoms. The van der Waals surface area contributed by atoms with Crippen LogP contribution < -0.4 is 21.7 Å². The maximum absolute atomic E-state index is 14.6. The molecule has 164 valence electrons. The molecule has 5 rings (SSSR count). The number of rotatable bonds is 3. The standard InChI is InChI=1S/C23H23F2N7/c1-32-13-16(11-29-32)18-12-28-23(26,21-19(24)3-2-4-20(21)25)31-22(18)30-17-6-5-14-7-8-27-10-15(14)9-17/h2-6,9,11-13,27-28H,7-8,10,26H2,1H3,(H,30,31). The first-order valence-corrected chi connectivity index (χ1v) is 10.3. The maximum atomic E-state index is 14.6. The fourth-order valence-electron chi connectivity index (χ4n) is 4.08. The van der Waals surface area contributed by atoms with E-state index in [0.29, 0.717) is 11.4 Å². The number of aryl methyl sites for hydroxylation is 1. The second-order valence-electron chi connectivity index (χ2n) is 7.96. The molecule has 0 spiro atoms. The van der Waals surface area contributed by atoms with Gasteiger partial charge in [-0.1, -0.05) is 12.1 Å². The van der Waals surface area contributed by atoms with Gasteiger partial charge in [0.25, 0.3) is 0 Å². The Morgan fingerprint density at radius 3 is 2.72 bits per heavy atom. The summed E-state index contributed by atoms with van der Waals surface area (Å²) in [5.41, 5.74) is 10.8. The maximum Gasteiger partial charge on any atom is 0.216 e. The number of nitrogens with one attached hydrogen (secondary N) is 3. The van der Waals surface area contributed by atoms with Crippen LogP contribution in [0, 0.1) is 11.6 Å². The van der Waals surface area contributed by atoms with Gasteiger partial charge in [-0.25, -0.2) is 13.8 Å². The summed E-state index contributed by atoms with van der Waals surface area (Å²) in [7, 11) is 1.81. The van der Waals surface area contributed by atoms with Crippen LogP contribution in [-0.2, 0) is 25.8 Å². The number of fused-ring (bicyclic) bond motifs is 1. The van der Waals surface area contributed by atoms with E-state index >= 15 is 0 Å². The molecule has 9 heteroatoms. The van der Waals surface area contributed by atoms with Gasteiger partial charge in [-0.15, -0.1) is 0 Å². The van der Waals surface area contributed by atoms with Gasteiger partial charge in [-0.2, -0.15) is 5.10 Å². The van der Waals surface area contributed by atoms with E-state index in [1.807, 2.05) is 19.3 Å². The molecule has 5 N–H and O–H groups in total. The van der Waals surface area contributed by atoms with Crippen molar-refractivity contribution >= 4 is 17.1 Å². The Kier molecular flexibility index (Phi) is 4.99. The molecule has 0 saturated carbocycles. The van der Waals surface area contributed by atoms with Crippen LogP contribution in [0.3, 0.4) is 0 Å². The van der Waals surface area contributed by atoms with Crippen molar-refractivity contribution in [1.29, 1.82) is 0 Å². The van der Waals surface area contributed by atoms with Crippen LogP contribution in [-0.4, -0.2) is 22.2 Å². The van der Waals surface area contributed by atoms with E-state index in [1.54, 1.807) is 17.1 Å². The Hall–Kier alpha value is -3.56. The molecule has 2 aliphatic heterocycles. The van der Waals surface area contributed by atoms with E-state index in [1.165, 1.54) is 17.2 Å². The van der Waals surface area contributed by atoms with Gasteiger partial charge in [0.05, 0.1) is 11.8 Å². The minimum Gasteiger partial charge on any atom is -0.351 e. The van der Waals surface area contributed by atoms with Gasteiger partial charge in [0.1, 0.15) is 17.5 Å². The molecular formula is C23H23F2N7. The number of benzene rings is 2. The van der Waals surface area contributed by atoms with E-state index in [4.69, 9.17) is 5.73 Å². The summed E-state index contributed by atoms with van der Waals surface area (Å²) in [5, 5.41) is 13.8. The lowest BCUT2D eigenvalue weighted by Crippen LogP contribution is -2.51. The molecule has 1 aromatic heterocycles. The van der Waals surface area contributed by atoms with Crippen LogP contribution in [0.25, 0.3) is 5.57 Å². The monoisotopic (exact) mass is 435 g/mol. The predicted octanol–water partition coefficient (Wildman–Crippen LogP) is 2.57. The lowest BCUT2D eigenvalue weighted by Gasteiger charge is -2.32. The van der Waals surface area contributed by atoms with E-state index in [2.05, 4.69) is 38.2 Å². The normalized spacial score (nSPS) is 20.1. The molecule has 2 aliphatic rings. The molecule has 3 aromatic rings. The molecule has 2 aromatic carbocycles. The van der Waals surface area contributed by atoms with Gasteiger partial charge in [-0.05, 0) is 48.4 Å². The van der Waals surface area contributed by atoms with Crippen molar-refractivity contribution in [3.8, 4) is 0 Å². The van der Waals surface area contributed by atoms with Gasteiger partial charge >= 0.3 is 0 Å². The summed E-state index contributed by atoms with van der Waals surface area (Å²) < 4.78 is 30.8. The lowest BCUT2D eigenvalue weighted by molar-refractivity contribution is 0.369. The third-order valence-electron chi connectivity index (χ3n) is 5.70. The second-order valence-corrected chi connectivity index (χ2v) is 7.96. The highest BCUT2D eigenvalue weighted by molar-refractivity contribution is 6.28. The minimum atomic E-state index is -1.82. The number of amidine groups is 1. The first kappa shape index (κ1) is 20.3. The fraction of sp³-hybridized carbons (Fsp3) is 0.217. The molecule has 0 aliphatic carbocycles. The SMILES string of the molecule is Cn1cc(C2=CNC(N)(c3c(F)cccc3F)N=C2Nc2ccc3c(c2)CNCC3)cn1. The number of halogens is 2. The number of anilines is 1. The minimum absolute atomic E-state index is 0.351. The van der Waals surface area contributed by atoms with Gasteiger partial charge in [0, 0.05) is 42.8 Å². The number of aromatic nitrogens is 2. The number of nitrogens with two attached hydrogens (primary N) is 1. The molecule has 1 atom stereocenters. The molecule has 1 unspecified atom stereocenters.